The van der Waals surface area contributed by atoms with Crippen LogP contribution in [0.15, 0.2) is 0 Å². The molecule has 0 spiro atoms. The Bertz CT molecular complexity index is 423. The minimum Gasteiger partial charge on any atom is -0.444 e. The summed E-state index contributed by atoms with van der Waals surface area (Å²) in [6, 6.07) is 0. The molecular weight excluding hydrogens is 298 g/mol. The summed E-state index contributed by atoms with van der Waals surface area (Å²) < 4.78 is 5.39. The number of likely N-dealkylation sites (tertiary alicyclic amines) is 1. The molecule has 0 aromatic heterocycles. The SMILES string of the molecule is CC(C)(C)OC(=O)N1C[C@H](CC(C)(C)[Si](C)(C)O)[C@H](C=O)C1. The molecule has 1 rings (SSSR count). The number of carbonyl (C=O) groups is 2. The van der Waals surface area contributed by atoms with Crippen LogP contribution in [0.3, 0.4) is 0 Å². The molecule has 0 aromatic rings. The van der Waals surface area contributed by atoms with E-state index in [0.29, 0.717) is 13.1 Å². The maximum absolute atomic E-state index is 12.2. The summed E-state index contributed by atoms with van der Waals surface area (Å²) in [7, 11) is -2.33. The van der Waals surface area contributed by atoms with Crippen molar-refractivity contribution in [2.45, 2.75) is 64.8 Å². The summed E-state index contributed by atoms with van der Waals surface area (Å²) in [5, 5.41) is -0.205. The number of aldehydes is 1. The second-order valence-corrected chi connectivity index (χ2v) is 13.1. The highest BCUT2D eigenvalue weighted by molar-refractivity contribution is 6.72. The van der Waals surface area contributed by atoms with E-state index in [2.05, 4.69) is 13.8 Å². The van der Waals surface area contributed by atoms with E-state index < -0.39 is 13.9 Å². The number of hydrogen-bond donors (Lipinski definition) is 1. The van der Waals surface area contributed by atoms with Crippen molar-refractivity contribution in [1.82, 2.24) is 4.90 Å². The van der Waals surface area contributed by atoms with Crippen molar-refractivity contribution in [1.29, 1.82) is 0 Å². The molecule has 1 amide bonds. The molecule has 22 heavy (non-hydrogen) atoms. The van der Waals surface area contributed by atoms with E-state index in [0.717, 1.165) is 12.7 Å². The number of amides is 1. The predicted octanol–water partition coefficient (Wildman–Crippen LogP) is 3.04. The van der Waals surface area contributed by atoms with E-state index in [1.807, 2.05) is 33.9 Å². The molecule has 0 unspecified atom stereocenters. The zero-order valence-corrected chi connectivity index (χ0v) is 16.0. The van der Waals surface area contributed by atoms with Gasteiger partial charge >= 0.3 is 6.09 Å². The van der Waals surface area contributed by atoms with Crippen LogP contribution in [0.1, 0.15) is 41.0 Å². The van der Waals surface area contributed by atoms with Gasteiger partial charge in [0.25, 0.3) is 0 Å². The smallest absolute Gasteiger partial charge is 0.410 e. The summed E-state index contributed by atoms with van der Waals surface area (Å²) in [5.41, 5.74) is -0.537. The maximum atomic E-state index is 12.2. The first-order valence-electron chi connectivity index (χ1n) is 7.92. The second-order valence-electron chi connectivity index (χ2n) is 8.59. The van der Waals surface area contributed by atoms with E-state index in [-0.39, 0.29) is 23.0 Å². The molecule has 128 valence electrons. The molecule has 6 heteroatoms. The van der Waals surface area contributed by atoms with Gasteiger partial charge in [-0.15, -0.1) is 0 Å². The fourth-order valence-corrected chi connectivity index (χ4v) is 3.41. The summed E-state index contributed by atoms with van der Waals surface area (Å²) in [6.45, 7) is 14.4. The van der Waals surface area contributed by atoms with Crippen LogP contribution in [0.4, 0.5) is 4.79 Å². The van der Waals surface area contributed by atoms with Gasteiger partial charge in [0.05, 0.1) is 0 Å². The van der Waals surface area contributed by atoms with E-state index in [1.165, 1.54) is 0 Å². The number of nitrogens with zero attached hydrogens (tertiary/aromatic N) is 1. The predicted molar refractivity (Wildman–Crippen MR) is 89.2 cm³/mol. The van der Waals surface area contributed by atoms with Gasteiger partial charge in [0.2, 0.25) is 0 Å². The molecule has 2 atom stereocenters. The van der Waals surface area contributed by atoms with Crippen molar-refractivity contribution in [3.8, 4) is 0 Å². The third-order valence-corrected chi connectivity index (χ3v) is 8.26. The number of ether oxygens (including phenoxy) is 1. The normalized spacial score (nSPS) is 23.5. The van der Waals surface area contributed by atoms with Gasteiger partial charge < -0.3 is 19.2 Å². The number of hydrogen-bond acceptors (Lipinski definition) is 4. The van der Waals surface area contributed by atoms with Crippen molar-refractivity contribution in [2.24, 2.45) is 11.8 Å². The standard InChI is InChI=1S/C16H31NO4Si/c1-15(2,3)21-14(19)17-9-12(13(10-17)11-18)8-16(4,5)22(6,7)20/h11-13,20H,8-10H2,1-7H3/t12-,13-/m0/s1. The highest BCUT2D eigenvalue weighted by Gasteiger charge is 2.45. The third kappa shape index (κ3) is 4.81. The van der Waals surface area contributed by atoms with Crippen LogP contribution in [0.2, 0.25) is 18.1 Å². The van der Waals surface area contributed by atoms with Gasteiger partial charge in [0.1, 0.15) is 11.9 Å². The van der Waals surface area contributed by atoms with Crippen LogP contribution < -0.4 is 0 Å². The van der Waals surface area contributed by atoms with Gasteiger partial charge in [-0.2, -0.15) is 0 Å². The van der Waals surface area contributed by atoms with Crippen molar-refractivity contribution >= 4 is 20.7 Å². The molecule has 0 bridgehead atoms. The Morgan fingerprint density at radius 2 is 1.82 bits per heavy atom. The second kappa shape index (κ2) is 6.32. The first-order valence-corrected chi connectivity index (χ1v) is 10.9. The van der Waals surface area contributed by atoms with Crippen LogP contribution in [0.25, 0.3) is 0 Å². The quantitative estimate of drug-likeness (QED) is 0.636. The Balaban J connectivity index is 2.78. The molecule has 5 nitrogen and oxygen atoms in total. The van der Waals surface area contributed by atoms with Crippen LogP contribution in [0.5, 0.6) is 0 Å². The first-order chi connectivity index (χ1) is 9.77. The van der Waals surface area contributed by atoms with Gasteiger partial charge in [0, 0.05) is 19.0 Å². The lowest BCUT2D eigenvalue weighted by molar-refractivity contribution is -0.111. The molecule has 1 N–H and O–H groups in total. The van der Waals surface area contributed by atoms with Crippen LogP contribution in [-0.4, -0.2) is 49.1 Å². The Hall–Kier alpha value is -0.883. The molecule has 1 heterocycles. The summed E-state index contributed by atoms with van der Waals surface area (Å²) >= 11 is 0. The molecule has 1 aliphatic heterocycles. The summed E-state index contributed by atoms with van der Waals surface area (Å²) in [6.07, 6.45) is 1.32. The average Bonchev–Trinajstić information content (AvgIpc) is 2.67. The fourth-order valence-electron chi connectivity index (χ4n) is 2.65. The molecule has 0 aromatic carbocycles. The lowest BCUT2D eigenvalue weighted by atomic mass is 9.88. The largest absolute Gasteiger partial charge is 0.444 e. The Labute approximate surface area is 135 Å². The maximum Gasteiger partial charge on any atom is 0.410 e. The minimum absolute atomic E-state index is 0.0824. The van der Waals surface area contributed by atoms with Crippen LogP contribution in [-0.2, 0) is 9.53 Å². The average molecular weight is 330 g/mol. The Kier molecular flexibility index (Phi) is 5.50. The van der Waals surface area contributed by atoms with Gasteiger partial charge in [-0.25, -0.2) is 4.79 Å². The molecule has 0 radical (unpaired) electrons. The van der Waals surface area contributed by atoms with Crippen molar-refractivity contribution in [3.05, 3.63) is 0 Å². The summed E-state index contributed by atoms with van der Waals surface area (Å²) in [5.74, 6) is -0.0953. The molecule has 0 saturated carbocycles. The van der Waals surface area contributed by atoms with E-state index in [9.17, 15) is 14.4 Å². The zero-order valence-electron chi connectivity index (χ0n) is 15.0. The van der Waals surface area contributed by atoms with Gasteiger partial charge in [-0.1, -0.05) is 13.8 Å². The zero-order chi connectivity index (χ0) is 17.3. The Morgan fingerprint density at radius 1 is 1.27 bits per heavy atom. The monoisotopic (exact) mass is 329 g/mol. The Morgan fingerprint density at radius 3 is 2.23 bits per heavy atom. The highest BCUT2D eigenvalue weighted by atomic mass is 28.4. The fraction of sp³-hybridized carbons (Fsp3) is 0.875. The third-order valence-electron chi connectivity index (χ3n) is 4.75. The molecule has 1 aliphatic rings. The summed E-state index contributed by atoms with van der Waals surface area (Å²) in [4.78, 5) is 35.6. The van der Waals surface area contributed by atoms with Crippen molar-refractivity contribution < 1.29 is 19.1 Å². The lowest BCUT2D eigenvalue weighted by Gasteiger charge is -2.37. The van der Waals surface area contributed by atoms with Crippen LogP contribution >= 0.6 is 0 Å². The van der Waals surface area contributed by atoms with E-state index in [4.69, 9.17) is 4.74 Å². The lowest BCUT2D eigenvalue weighted by Crippen LogP contribution is -2.41. The van der Waals surface area contributed by atoms with Gasteiger partial charge in [-0.3, -0.25) is 0 Å². The van der Waals surface area contributed by atoms with E-state index in [1.54, 1.807) is 4.90 Å². The van der Waals surface area contributed by atoms with Crippen LogP contribution in [0, 0.1) is 11.8 Å². The minimum atomic E-state index is -2.33. The molecule has 1 fully saturated rings. The van der Waals surface area contributed by atoms with Crippen molar-refractivity contribution in [3.63, 3.8) is 0 Å². The topological polar surface area (TPSA) is 66.8 Å². The number of rotatable bonds is 4. The highest BCUT2D eigenvalue weighted by Crippen LogP contribution is 2.44. The van der Waals surface area contributed by atoms with Gasteiger partial charge in [-0.05, 0) is 51.2 Å². The first kappa shape index (κ1) is 19.2. The van der Waals surface area contributed by atoms with E-state index >= 15 is 0 Å². The molecule has 1 saturated heterocycles. The number of carbonyl (C=O) groups excluding carboxylic acids is 2. The van der Waals surface area contributed by atoms with Crippen molar-refractivity contribution in [2.75, 3.05) is 13.1 Å². The van der Waals surface area contributed by atoms with Gasteiger partial charge in [0.15, 0.2) is 8.32 Å². The molecule has 0 aliphatic carbocycles. The molecular formula is C16H31NO4Si.